The van der Waals surface area contributed by atoms with Gasteiger partial charge in [0, 0.05) is 0 Å². The molecule has 276 valence electrons. The summed E-state index contributed by atoms with van der Waals surface area (Å²) in [7, 11) is -10.6. The third-order valence-corrected chi connectivity index (χ3v) is 9.09. The van der Waals surface area contributed by atoms with Crippen LogP contribution in [0.5, 0.6) is 0 Å². The fourth-order valence-electron chi connectivity index (χ4n) is 3.93. The standard InChI is InChI=1S/C18H7F24O4P/c19-9(20,21)7(10(22,23)24)43-47(6-4-2-1-3-5-6,44-8(11(25,26)27)12(28,29)30)45-13(15(31,32)33,16(34,35)36)14(46-47,17(37,38)39)18(40,41)42/h1-5,7-8H. The summed E-state index contributed by atoms with van der Waals surface area (Å²) < 4.78 is 344. The Morgan fingerprint density at radius 3 is 0.851 bits per heavy atom. The van der Waals surface area contributed by atoms with Crippen LogP contribution in [0.15, 0.2) is 30.3 Å². The molecule has 0 spiro atoms. The van der Waals surface area contributed by atoms with E-state index >= 15 is 0 Å². The summed E-state index contributed by atoms with van der Waals surface area (Å²) in [5, 5.41) is -3.15. The predicted octanol–water partition coefficient (Wildman–Crippen LogP) is 9.32. The molecule has 1 aromatic rings. The van der Waals surface area contributed by atoms with Crippen molar-refractivity contribution in [3.8, 4) is 0 Å². The number of halogens is 24. The van der Waals surface area contributed by atoms with Crippen molar-refractivity contribution < 1.29 is 123 Å². The Balaban J connectivity index is 3.60. The Morgan fingerprint density at radius 1 is 0.426 bits per heavy atom. The minimum absolute atomic E-state index is 0.167. The first kappa shape index (κ1) is 41.0. The van der Waals surface area contributed by atoms with Gasteiger partial charge in [0.1, 0.15) is 0 Å². The van der Waals surface area contributed by atoms with Crippen LogP contribution in [0, 0.1) is 0 Å². The van der Waals surface area contributed by atoms with E-state index in [4.69, 9.17) is 0 Å². The second kappa shape index (κ2) is 10.9. The van der Waals surface area contributed by atoms with Gasteiger partial charge in [-0.15, -0.1) is 0 Å². The number of hydrogen-bond acceptors (Lipinski definition) is 4. The van der Waals surface area contributed by atoms with E-state index in [-0.39, 0.29) is 18.2 Å². The maximum atomic E-state index is 14.2. The molecule has 1 aliphatic rings. The van der Waals surface area contributed by atoms with Crippen LogP contribution in [0.4, 0.5) is 105 Å². The zero-order valence-electron chi connectivity index (χ0n) is 20.7. The van der Waals surface area contributed by atoms with Gasteiger partial charge >= 0.3 is 239 Å². The molecule has 0 aliphatic carbocycles. The van der Waals surface area contributed by atoms with Crippen LogP contribution in [0.3, 0.4) is 0 Å². The molecule has 29 heteroatoms. The fourth-order valence-corrected chi connectivity index (χ4v) is 8.12. The van der Waals surface area contributed by atoms with Gasteiger partial charge < -0.3 is 0 Å². The minimum atomic E-state index is -10.6. The molecule has 0 unspecified atom stereocenters. The van der Waals surface area contributed by atoms with Crippen LogP contribution in [0.1, 0.15) is 0 Å². The molecular weight excluding hydrogens is 767 g/mol. The summed E-state index contributed by atoms with van der Waals surface area (Å²) in [5.41, 5.74) is -17.2. The summed E-state index contributed by atoms with van der Waals surface area (Å²) in [6, 6.07) is -1.65. The summed E-state index contributed by atoms with van der Waals surface area (Å²) in [6.45, 7) is 0. The van der Waals surface area contributed by atoms with Crippen molar-refractivity contribution in [2.75, 3.05) is 0 Å². The van der Waals surface area contributed by atoms with Gasteiger partial charge in [-0.05, 0) is 0 Å². The monoisotopic (exact) mass is 774 g/mol. The fraction of sp³-hybridized carbons (Fsp3) is 0.667. The molecule has 1 saturated heterocycles. The second-order valence-corrected chi connectivity index (χ2v) is 11.7. The van der Waals surface area contributed by atoms with Gasteiger partial charge in [0.25, 0.3) is 0 Å². The molecule has 0 N–H and O–H groups in total. The summed E-state index contributed by atoms with van der Waals surface area (Å²) in [6.07, 6.45) is -77.7. The van der Waals surface area contributed by atoms with Crippen LogP contribution >= 0.6 is 7.51 Å². The van der Waals surface area contributed by atoms with Gasteiger partial charge in [-0.25, -0.2) is 0 Å². The molecule has 0 aromatic heterocycles. The predicted molar refractivity (Wildman–Crippen MR) is 98.8 cm³/mol. The Kier molecular flexibility index (Phi) is 9.51. The SMILES string of the molecule is FC(F)(F)C(OP1(OC(C(F)(F)F)C(F)(F)F)(c2ccccc2)OC(C(F)(F)F)(C(F)(F)F)C(C(F)(F)F)(C(F)(F)F)O1)C(F)(F)F. The summed E-state index contributed by atoms with van der Waals surface area (Å²) in [4.78, 5) is 0. The molecule has 1 fully saturated rings. The molecule has 1 aliphatic heterocycles. The third-order valence-electron chi connectivity index (χ3n) is 5.62. The number of hydrogen-bond donors (Lipinski definition) is 0. The molecule has 47 heavy (non-hydrogen) atoms. The number of rotatable bonds is 5. The van der Waals surface area contributed by atoms with Gasteiger partial charge in [-0.1, -0.05) is 0 Å². The average molecular weight is 774 g/mol. The van der Waals surface area contributed by atoms with E-state index in [1.807, 2.05) is 0 Å². The van der Waals surface area contributed by atoms with Crippen molar-refractivity contribution in [1.82, 2.24) is 0 Å². The van der Waals surface area contributed by atoms with Crippen LogP contribution in [-0.4, -0.2) is 72.8 Å². The van der Waals surface area contributed by atoms with E-state index in [1.54, 1.807) is 0 Å². The first-order chi connectivity index (χ1) is 20.3. The van der Waals surface area contributed by atoms with Crippen molar-refractivity contribution in [3.63, 3.8) is 0 Å². The zero-order chi connectivity index (χ0) is 37.5. The molecule has 1 aromatic carbocycles. The van der Waals surface area contributed by atoms with Crippen molar-refractivity contribution in [2.45, 2.75) is 72.8 Å². The third kappa shape index (κ3) is 6.47. The molecule has 0 radical (unpaired) electrons. The molecule has 4 nitrogen and oxygen atoms in total. The van der Waals surface area contributed by atoms with Crippen molar-refractivity contribution in [3.05, 3.63) is 30.3 Å². The van der Waals surface area contributed by atoms with Gasteiger partial charge in [-0.2, -0.15) is 0 Å². The van der Waals surface area contributed by atoms with Gasteiger partial charge in [0.05, 0.1) is 0 Å². The van der Waals surface area contributed by atoms with E-state index in [9.17, 15) is 105 Å². The van der Waals surface area contributed by atoms with E-state index in [2.05, 4.69) is 18.1 Å². The van der Waals surface area contributed by atoms with E-state index in [1.165, 1.54) is 0 Å². The summed E-state index contributed by atoms with van der Waals surface area (Å²) in [5.74, 6) is 0. The van der Waals surface area contributed by atoms with Crippen LogP contribution in [0.25, 0.3) is 0 Å². The van der Waals surface area contributed by atoms with Gasteiger partial charge in [-0.3, -0.25) is 0 Å². The van der Waals surface area contributed by atoms with Crippen LogP contribution in [0.2, 0.25) is 0 Å². The summed E-state index contributed by atoms with van der Waals surface area (Å²) >= 11 is 0. The normalized spacial score (nSPS) is 22.0. The van der Waals surface area contributed by atoms with E-state index in [0.29, 0.717) is 0 Å². The van der Waals surface area contributed by atoms with E-state index < -0.39 is 97.8 Å². The Bertz CT molecular complexity index is 1130. The van der Waals surface area contributed by atoms with Gasteiger partial charge in [0.2, 0.25) is 0 Å². The topological polar surface area (TPSA) is 36.9 Å². The van der Waals surface area contributed by atoms with Crippen molar-refractivity contribution in [1.29, 1.82) is 0 Å². The first-order valence-corrected chi connectivity index (χ1v) is 12.6. The Hall–Kier alpha value is -2.19. The Labute approximate surface area is 240 Å². The molecule has 0 atom stereocenters. The molecule has 2 rings (SSSR count). The van der Waals surface area contributed by atoms with E-state index in [0.717, 1.165) is 0 Å². The average Bonchev–Trinajstić information content (AvgIpc) is 3.12. The van der Waals surface area contributed by atoms with Crippen LogP contribution < -0.4 is 5.30 Å². The molecular formula is C18H7F24O4P. The van der Waals surface area contributed by atoms with Crippen molar-refractivity contribution >= 4 is 12.8 Å². The second-order valence-electron chi connectivity index (χ2n) is 8.82. The maximum absolute atomic E-state index is 14.2. The Morgan fingerprint density at radius 2 is 0.660 bits per heavy atom. The number of alkyl halides is 24. The molecule has 0 amide bonds. The number of benzene rings is 1. The van der Waals surface area contributed by atoms with Crippen molar-refractivity contribution in [2.24, 2.45) is 0 Å². The van der Waals surface area contributed by atoms with Crippen LogP contribution in [-0.2, 0) is 18.1 Å². The quantitative estimate of drug-likeness (QED) is 0.221. The first-order valence-electron chi connectivity index (χ1n) is 10.7. The zero-order valence-corrected chi connectivity index (χ0v) is 21.6. The molecule has 0 saturated carbocycles. The molecule has 1 heterocycles. The van der Waals surface area contributed by atoms with Gasteiger partial charge in [0.15, 0.2) is 0 Å². The molecule has 0 bridgehead atoms.